The minimum Gasteiger partial charge on any atom is -0.381 e. The first-order valence-corrected chi connectivity index (χ1v) is 8.42. The third kappa shape index (κ3) is 3.36. The average Bonchev–Trinajstić information content (AvgIpc) is 2.62. The molecule has 0 saturated carbocycles. The molecule has 0 aromatic carbocycles. The van der Waals surface area contributed by atoms with E-state index in [0.717, 1.165) is 26.2 Å². The van der Waals surface area contributed by atoms with E-state index in [2.05, 4.69) is 12.2 Å². The van der Waals surface area contributed by atoms with Crippen molar-refractivity contribution >= 4 is 11.3 Å². The summed E-state index contributed by atoms with van der Waals surface area (Å²) >= 11 is 1.90. The van der Waals surface area contributed by atoms with E-state index in [9.17, 15) is 0 Å². The molecule has 0 spiro atoms. The number of aryl methyl sites for hydroxylation is 2. The van der Waals surface area contributed by atoms with Gasteiger partial charge in [0.1, 0.15) is 0 Å². The second-order valence-electron chi connectivity index (χ2n) is 5.78. The number of ether oxygens (including phenoxy) is 1. The van der Waals surface area contributed by atoms with Gasteiger partial charge in [-0.25, -0.2) is 4.98 Å². The van der Waals surface area contributed by atoms with Crippen molar-refractivity contribution in [1.82, 2.24) is 10.3 Å². The van der Waals surface area contributed by atoms with Crippen LogP contribution in [0.5, 0.6) is 0 Å². The molecule has 3 nitrogen and oxygen atoms in total. The lowest BCUT2D eigenvalue weighted by molar-refractivity contribution is 0.142. The van der Waals surface area contributed by atoms with E-state index in [1.54, 1.807) is 4.88 Å². The summed E-state index contributed by atoms with van der Waals surface area (Å²) in [6, 6.07) is 0.646. The molecule has 2 heterocycles. The maximum Gasteiger partial charge on any atom is 0.0900 e. The lowest BCUT2D eigenvalue weighted by atomic mass is 9.90. The molecule has 2 unspecified atom stereocenters. The maximum atomic E-state index is 5.53. The number of aromatic nitrogens is 1. The summed E-state index contributed by atoms with van der Waals surface area (Å²) in [5.74, 6) is 0.637. The highest BCUT2D eigenvalue weighted by Crippen LogP contribution is 2.34. The quantitative estimate of drug-likeness (QED) is 0.924. The molecule has 19 heavy (non-hydrogen) atoms. The van der Waals surface area contributed by atoms with Crippen LogP contribution in [0, 0.1) is 6.92 Å². The summed E-state index contributed by atoms with van der Waals surface area (Å²) in [6.45, 7) is 5.09. The van der Waals surface area contributed by atoms with Crippen LogP contribution in [0.3, 0.4) is 0 Å². The van der Waals surface area contributed by atoms with Gasteiger partial charge in [-0.15, -0.1) is 11.3 Å². The van der Waals surface area contributed by atoms with E-state index in [1.807, 2.05) is 11.3 Å². The van der Waals surface area contributed by atoms with Crippen molar-refractivity contribution in [3.8, 4) is 0 Å². The van der Waals surface area contributed by atoms with Crippen molar-refractivity contribution in [2.45, 2.75) is 57.4 Å². The van der Waals surface area contributed by atoms with E-state index in [0.29, 0.717) is 12.0 Å². The number of hydrogen-bond donors (Lipinski definition) is 1. The molecule has 0 radical (unpaired) electrons. The lowest BCUT2D eigenvalue weighted by Gasteiger charge is -2.24. The molecule has 1 aromatic heterocycles. The molecule has 1 N–H and O–H groups in total. The number of nitrogens with one attached hydrogen (secondary N) is 1. The molecule has 1 aliphatic carbocycles. The fourth-order valence-electron chi connectivity index (χ4n) is 3.24. The standard InChI is InChI=1S/C15H24N2OS/c1-11-17-15-12(4-2-6-14(15)19-11)10-16-13-5-3-8-18-9-7-13/h12-13,16H,2-10H2,1H3. The predicted octanol–water partition coefficient (Wildman–Crippen LogP) is 3.03. The Balaban J connectivity index is 1.58. The van der Waals surface area contributed by atoms with Gasteiger partial charge >= 0.3 is 0 Å². The van der Waals surface area contributed by atoms with Crippen LogP contribution in [0.4, 0.5) is 0 Å². The molecular formula is C15H24N2OS. The van der Waals surface area contributed by atoms with E-state index in [1.165, 1.54) is 42.8 Å². The van der Waals surface area contributed by atoms with Crippen LogP contribution in [0.2, 0.25) is 0 Å². The molecule has 2 aliphatic rings. The summed E-state index contributed by atoms with van der Waals surface area (Å²) in [6.07, 6.45) is 7.49. The molecule has 1 saturated heterocycles. The summed E-state index contributed by atoms with van der Waals surface area (Å²) < 4.78 is 5.53. The Labute approximate surface area is 119 Å². The van der Waals surface area contributed by atoms with Crippen LogP contribution in [-0.2, 0) is 11.2 Å². The van der Waals surface area contributed by atoms with Crippen molar-refractivity contribution in [1.29, 1.82) is 0 Å². The van der Waals surface area contributed by atoms with Gasteiger partial charge < -0.3 is 10.1 Å². The first kappa shape index (κ1) is 13.5. The summed E-state index contributed by atoms with van der Waals surface area (Å²) in [4.78, 5) is 6.31. The van der Waals surface area contributed by atoms with Crippen molar-refractivity contribution in [2.24, 2.45) is 0 Å². The fraction of sp³-hybridized carbons (Fsp3) is 0.800. The van der Waals surface area contributed by atoms with Gasteiger partial charge in [-0.1, -0.05) is 0 Å². The van der Waals surface area contributed by atoms with Crippen molar-refractivity contribution in [3.05, 3.63) is 15.6 Å². The Morgan fingerprint density at radius 1 is 1.26 bits per heavy atom. The summed E-state index contributed by atoms with van der Waals surface area (Å²) in [5.41, 5.74) is 1.39. The van der Waals surface area contributed by atoms with Crippen LogP contribution in [-0.4, -0.2) is 30.8 Å². The van der Waals surface area contributed by atoms with Crippen molar-refractivity contribution in [2.75, 3.05) is 19.8 Å². The molecule has 0 bridgehead atoms. The first-order chi connectivity index (χ1) is 9.33. The van der Waals surface area contributed by atoms with Gasteiger partial charge in [0, 0.05) is 36.6 Å². The SMILES string of the molecule is Cc1nc2c(s1)CCCC2CNC1CCCOCC1. The molecule has 0 amide bonds. The van der Waals surface area contributed by atoms with Gasteiger partial charge in [0.25, 0.3) is 0 Å². The Morgan fingerprint density at radius 3 is 3.16 bits per heavy atom. The second-order valence-corrected chi connectivity index (χ2v) is 7.07. The van der Waals surface area contributed by atoms with Crippen LogP contribution in [0.15, 0.2) is 0 Å². The molecule has 3 rings (SSSR count). The maximum absolute atomic E-state index is 5.53. The Morgan fingerprint density at radius 2 is 2.21 bits per heavy atom. The van der Waals surface area contributed by atoms with E-state index < -0.39 is 0 Å². The monoisotopic (exact) mass is 280 g/mol. The third-order valence-corrected chi connectivity index (χ3v) is 5.33. The zero-order chi connectivity index (χ0) is 13.1. The highest BCUT2D eigenvalue weighted by molar-refractivity contribution is 7.11. The van der Waals surface area contributed by atoms with Gasteiger partial charge in [-0.3, -0.25) is 0 Å². The highest BCUT2D eigenvalue weighted by atomic mass is 32.1. The average molecular weight is 280 g/mol. The lowest BCUT2D eigenvalue weighted by Crippen LogP contribution is -2.34. The van der Waals surface area contributed by atoms with E-state index in [-0.39, 0.29) is 0 Å². The van der Waals surface area contributed by atoms with Gasteiger partial charge in [-0.05, 0) is 45.4 Å². The zero-order valence-corrected chi connectivity index (χ0v) is 12.6. The molecule has 106 valence electrons. The predicted molar refractivity (Wildman–Crippen MR) is 79.0 cm³/mol. The van der Waals surface area contributed by atoms with Gasteiger partial charge in [0.05, 0.1) is 10.7 Å². The van der Waals surface area contributed by atoms with Crippen molar-refractivity contribution < 1.29 is 4.74 Å². The number of hydrogen-bond acceptors (Lipinski definition) is 4. The Bertz CT molecular complexity index is 410. The first-order valence-electron chi connectivity index (χ1n) is 7.60. The van der Waals surface area contributed by atoms with Gasteiger partial charge in [-0.2, -0.15) is 0 Å². The Kier molecular flexibility index (Phi) is 4.51. The number of thiazole rings is 1. The molecular weight excluding hydrogens is 256 g/mol. The number of fused-ring (bicyclic) bond motifs is 1. The van der Waals surface area contributed by atoms with E-state index >= 15 is 0 Å². The fourth-order valence-corrected chi connectivity index (χ4v) is 4.31. The van der Waals surface area contributed by atoms with Crippen LogP contribution >= 0.6 is 11.3 Å². The van der Waals surface area contributed by atoms with Crippen molar-refractivity contribution in [3.63, 3.8) is 0 Å². The topological polar surface area (TPSA) is 34.2 Å². The zero-order valence-electron chi connectivity index (χ0n) is 11.8. The molecule has 1 aliphatic heterocycles. The van der Waals surface area contributed by atoms with Crippen LogP contribution in [0.25, 0.3) is 0 Å². The second kappa shape index (κ2) is 6.33. The summed E-state index contributed by atoms with van der Waals surface area (Å²) in [5, 5.41) is 5.00. The molecule has 2 atom stereocenters. The third-order valence-electron chi connectivity index (χ3n) is 4.28. The number of rotatable bonds is 3. The summed E-state index contributed by atoms with van der Waals surface area (Å²) in [7, 11) is 0. The minimum atomic E-state index is 0.637. The Hall–Kier alpha value is -0.450. The van der Waals surface area contributed by atoms with E-state index in [4.69, 9.17) is 9.72 Å². The molecule has 1 fully saturated rings. The number of nitrogens with zero attached hydrogens (tertiary/aromatic N) is 1. The molecule has 1 aromatic rings. The normalized spacial score (nSPS) is 27.8. The molecule has 4 heteroatoms. The van der Waals surface area contributed by atoms with Crippen LogP contribution < -0.4 is 5.32 Å². The van der Waals surface area contributed by atoms with Gasteiger partial charge in [0.2, 0.25) is 0 Å². The smallest absolute Gasteiger partial charge is 0.0900 e. The van der Waals surface area contributed by atoms with Crippen LogP contribution in [0.1, 0.15) is 53.6 Å². The minimum absolute atomic E-state index is 0.637. The highest BCUT2D eigenvalue weighted by Gasteiger charge is 2.24. The largest absolute Gasteiger partial charge is 0.381 e. The van der Waals surface area contributed by atoms with Gasteiger partial charge in [0.15, 0.2) is 0 Å².